The molecule has 0 aliphatic heterocycles. The highest BCUT2D eigenvalue weighted by molar-refractivity contribution is 6.10. The fraction of sp³-hybridized carbons (Fsp3) is 0.200. The number of nitrogens with zero attached hydrogens (tertiary/aromatic N) is 2. The number of aryl methyl sites for hydroxylation is 1. The van der Waals surface area contributed by atoms with Crippen molar-refractivity contribution in [2.45, 2.75) is 13.0 Å². The van der Waals surface area contributed by atoms with Crippen molar-refractivity contribution in [1.29, 1.82) is 5.26 Å². The minimum Gasteiger partial charge on any atom is -0.483 e. The molecule has 1 amide bonds. The van der Waals surface area contributed by atoms with Crippen LogP contribution in [0.4, 0.5) is 14.5 Å². The van der Waals surface area contributed by atoms with Gasteiger partial charge >= 0.3 is 0 Å². The second kappa shape index (κ2) is 11.7. The summed E-state index contributed by atoms with van der Waals surface area (Å²) in [4.78, 5) is 37.8. The number of carbonyl (C=O) groups excluding carboxylic acids is 2. The lowest BCUT2D eigenvalue weighted by molar-refractivity contribution is -0.118. The Bertz CT molecular complexity index is 1350. The van der Waals surface area contributed by atoms with Crippen molar-refractivity contribution in [2.24, 2.45) is 0 Å². The van der Waals surface area contributed by atoms with E-state index >= 15 is 0 Å². The molecule has 0 bridgehead atoms. The predicted octanol–water partition coefficient (Wildman–Crippen LogP) is 3.28. The summed E-state index contributed by atoms with van der Waals surface area (Å²) in [6, 6.07) is 11.3. The van der Waals surface area contributed by atoms with Gasteiger partial charge in [0, 0.05) is 37.7 Å². The van der Waals surface area contributed by atoms with Gasteiger partial charge in [0.2, 0.25) is 0 Å². The van der Waals surface area contributed by atoms with Crippen LogP contribution >= 0.6 is 0 Å². The second-order valence-electron chi connectivity index (χ2n) is 7.42. The number of methoxy groups -OCH3 is 1. The van der Waals surface area contributed by atoms with Crippen molar-refractivity contribution in [3.05, 3.63) is 93.4 Å². The highest BCUT2D eigenvalue weighted by Crippen LogP contribution is 2.23. The number of halogens is 2. The summed E-state index contributed by atoms with van der Waals surface area (Å²) in [6.45, 7) is 0.0314. The van der Waals surface area contributed by atoms with E-state index in [1.807, 2.05) is 0 Å². The van der Waals surface area contributed by atoms with Gasteiger partial charge in [0.1, 0.15) is 29.0 Å². The molecule has 2 aromatic carbocycles. The lowest BCUT2D eigenvalue weighted by Crippen LogP contribution is -2.25. The number of ether oxygens (including phenoxy) is 2. The van der Waals surface area contributed by atoms with E-state index in [-0.39, 0.29) is 34.7 Å². The molecule has 3 aromatic rings. The van der Waals surface area contributed by atoms with Crippen LogP contribution in [0, 0.1) is 23.0 Å². The fourth-order valence-electron chi connectivity index (χ4n) is 3.25. The third-order valence-corrected chi connectivity index (χ3v) is 4.87. The Morgan fingerprint density at radius 3 is 2.60 bits per heavy atom. The summed E-state index contributed by atoms with van der Waals surface area (Å²) < 4.78 is 38.9. The average molecular weight is 481 g/mol. The third kappa shape index (κ3) is 6.59. The molecule has 8 nitrogen and oxygen atoms in total. The number of nitriles is 1. The maximum Gasteiger partial charge on any atom is 0.268 e. The molecular formula is C25H21F2N3O5. The van der Waals surface area contributed by atoms with Gasteiger partial charge in [-0.1, -0.05) is 6.07 Å². The van der Waals surface area contributed by atoms with Crippen LogP contribution < -0.4 is 15.6 Å². The molecule has 35 heavy (non-hydrogen) atoms. The topological polar surface area (TPSA) is 110 Å². The molecule has 1 aromatic heterocycles. The first-order valence-electron chi connectivity index (χ1n) is 10.5. The molecule has 3 rings (SSSR count). The standard InChI is InChI=1S/C25H21F2N3O5/c1-34-9-3-8-30-14-17(10-16(13-28)25(30)33)24(32)21-12-19(27)6-7-22(21)35-15-23(31)29-20-5-2-4-18(26)11-20/h2,4-7,10-12,14H,3,8-9,15H2,1H3,(H,29,31). The number of hydrogen-bond acceptors (Lipinski definition) is 6. The van der Waals surface area contributed by atoms with E-state index in [0.29, 0.717) is 13.0 Å². The van der Waals surface area contributed by atoms with Crippen LogP contribution in [0.1, 0.15) is 27.9 Å². The lowest BCUT2D eigenvalue weighted by atomic mass is 10.0. The highest BCUT2D eigenvalue weighted by atomic mass is 19.1. The highest BCUT2D eigenvalue weighted by Gasteiger charge is 2.20. The normalized spacial score (nSPS) is 10.5. The summed E-state index contributed by atoms with van der Waals surface area (Å²) in [5.41, 5.74) is -0.826. The number of rotatable bonds is 10. The molecule has 0 fully saturated rings. The van der Waals surface area contributed by atoms with Crippen LogP contribution in [-0.2, 0) is 16.1 Å². The Balaban J connectivity index is 1.84. The van der Waals surface area contributed by atoms with Crippen molar-refractivity contribution in [2.75, 3.05) is 25.6 Å². The molecule has 0 aliphatic rings. The molecule has 0 radical (unpaired) electrons. The van der Waals surface area contributed by atoms with Crippen molar-refractivity contribution in [3.8, 4) is 11.8 Å². The van der Waals surface area contributed by atoms with Gasteiger partial charge in [-0.05, 0) is 48.9 Å². The number of nitrogens with one attached hydrogen (secondary N) is 1. The first-order chi connectivity index (χ1) is 16.8. The van der Waals surface area contributed by atoms with Crippen LogP contribution in [0.25, 0.3) is 0 Å². The van der Waals surface area contributed by atoms with E-state index in [4.69, 9.17) is 9.47 Å². The van der Waals surface area contributed by atoms with Gasteiger partial charge in [-0.3, -0.25) is 14.4 Å². The minimum atomic E-state index is -0.723. The summed E-state index contributed by atoms with van der Waals surface area (Å²) in [5, 5.41) is 11.8. The average Bonchev–Trinajstić information content (AvgIpc) is 2.84. The number of ketones is 1. The maximum atomic E-state index is 14.0. The second-order valence-corrected chi connectivity index (χ2v) is 7.42. The molecule has 180 valence electrons. The number of carbonyl (C=O) groups is 2. The van der Waals surface area contributed by atoms with Crippen LogP contribution in [0.2, 0.25) is 0 Å². The van der Waals surface area contributed by atoms with Crippen molar-refractivity contribution in [1.82, 2.24) is 4.57 Å². The fourth-order valence-corrected chi connectivity index (χ4v) is 3.25. The lowest BCUT2D eigenvalue weighted by Gasteiger charge is -2.13. The Kier molecular flexibility index (Phi) is 8.43. The number of benzene rings is 2. The number of amides is 1. The van der Waals surface area contributed by atoms with Crippen LogP contribution in [-0.4, -0.2) is 36.6 Å². The molecule has 0 atom stereocenters. The van der Waals surface area contributed by atoms with Crippen molar-refractivity contribution < 1.29 is 27.8 Å². The Morgan fingerprint density at radius 1 is 1.11 bits per heavy atom. The summed E-state index contributed by atoms with van der Waals surface area (Å²) >= 11 is 0. The third-order valence-electron chi connectivity index (χ3n) is 4.87. The van der Waals surface area contributed by atoms with E-state index in [9.17, 15) is 28.4 Å². The van der Waals surface area contributed by atoms with Gasteiger partial charge in [-0.25, -0.2) is 8.78 Å². The van der Waals surface area contributed by atoms with E-state index < -0.39 is 35.5 Å². The minimum absolute atomic E-state index is 0.0294. The SMILES string of the molecule is COCCCn1cc(C(=O)c2cc(F)ccc2OCC(=O)Nc2cccc(F)c2)cc(C#N)c1=O. The van der Waals surface area contributed by atoms with E-state index in [0.717, 1.165) is 24.3 Å². The molecule has 1 N–H and O–H groups in total. The van der Waals surface area contributed by atoms with Gasteiger partial charge in [0.05, 0.1) is 5.56 Å². The Hall–Kier alpha value is -4.36. The van der Waals surface area contributed by atoms with Gasteiger partial charge in [-0.2, -0.15) is 5.26 Å². The molecular weight excluding hydrogens is 460 g/mol. The maximum absolute atomic E-state index is 14.0. The summed E-state index contributed by atoms with van der Waals surface area (Å²) in [5.74, 6) is -2.67. The molecule has 1 heterocycles. The van der Waals surface area contributed by atoms with E-state index in [2.05, 4.69) is 5.32 Å². The molecule has 0 saturated carbocycles. The first-order valence-corrected chi connectivity index (χ1v) is 10.5. The Morgan fingerprint density at radius 2 is 1.89 bits per heavy atom. The number of pyridine rings is 1. The van der Waals surface area contributed by atoms with Gasteiger partial charge < -0.3 is 19.4 Å². The zero-order valence-electron chi connectivity index (χ0n) is 18.7. The van der Waals surface area contributed by atoms with Gasteiger partial charge in [0.25, 0.3) is 11.5 Å². The molecule has 0 spiro atoms. The quantitative estimate of drug-likeness (QED) is 0.352. The molecule has 10 heteroatoms. The predicted molar refractivity (Wildman–Crippen MR) is 122 cm³/mol. The zero-order valence-corrected chi connectivity index (χ0v) is 18.7. The smallest absolute Gasteiger partial charge is 0.268 e. The van der Waals surface area contributed by atoms with Crippen LogP contribution in [0.3, 0.4) is 0 Å². The molecule has 0 saturated heterocycles. The van der Waals surface area contributed by atoms with Gasteiger partial charge in [-0.15, -0.1) is 0 Å². The van der Waals surface area contributed by atoms with Crippen molar-refractivity contribution in [3.63, 3.8) is 0 Å². The largest absolute Gasteiger partial charge is 0.483 e. The van der Waals surface area contributed by atoms with Crippen molar-refractivity contribution >= 4 is 17.4 Å². The molecule has 0 unspecified atom stereocenters. The van der Waals surface area contributed by atoms with Crippen LogP contribution in [0.5, 0.6) is 5.75 Å². The zero-order chi connectivity index (χ0) is 25.4. The number of anilines is 1. The first kappa shape index (κ1) is 25.3. The monoisotopic (exact) mass is 481 g/mol. The van der Waals surface area contributed by atoms with E-state index in [1.54, 1.807) is 6.07 Å². The Labute approximate surface area is 199 Å². The number of hydrogen-bond donors (Lipinski definition) is 1. The summed E-state index contributed by atoms with van der Waals surface area (Å²) in [6.07, 6.45) is 1.75. The number of aromatic nitrogens is 1. The van der Waals surface area contributed by atoms with Gasteiger partial charge in [0.15, 0.2) is 12.4 Å². The molecule has 0 aliphatic carbocycles. The van der Waals surface area contributed by atoms with E-state index in [1.165, 1.54) is 42.1 Å². The summed E-state index contributed by atoms with van der Waals surface area (Å²) in [7, 11) is 1.51. The van der Waals surface area contributed by atoms with Crippen LogP contribution in [0.15, 0.2) is 59.5 Å².